The Balaban J connectivity index is 1.51. The number of fused-ring (bicyclic) bond motifs is 1. The first kappa shape index (κ1) is 20.0. The molecule has 2 aliphatic heterocycles. The summed E-state index contributed by atoms with van der Waals surface area (Å²) in [6, 6.07) is 7.02. The summed E-state index contributed by atoms with van der Waals surface area (Å²) in [6.07, 6.45) is -0.127. The smallest absolute Gasteiger partial charge is 0.265 e. The van der Waals surface area contributed by atoms with Crippen molar-refractivity contribution < 1.29 is 13.6 Å². The summed E-state index contributed by atoms with van der Waals surface area (Å²) in [5.74, 6) is 0.378. The van der Waals surface area contributed by atoms with E-state index in [1.54, 1.807) is 18.3 Å². The van der Waals surface area contributed by atoms with Gasteiger partial charge >= 0.3 is 0 Å². The summed E-state index contributed by atoms with van der Waals surface area (Å²) < 4.78 is 26.8. The number of amides is 1. The Morgan fingerprint density at radius 1 is 1.28 bits per heavy atom. The van der Waals surface area contributed by atoms with Gasteiger partial charge in [0, 0.05) is 61.1 Å². The van der Waals surface area contributed by atoms with Crippen LogP contribution in [0.15, 0.2) is 30.5 Å². The molecule has 156 valence electrons. The molecule has 0 spiro atoms. The normalized spacial score (nSPS) is 23.4. The lowest BCUT2D eigenvalue weighted by molar-refractivity contribution is -0.124. The Morgan fingerprint density at radius 3 is 2.79 bits per heavy atom. The third kappa shape index (κ3) is 4.33. The van der Waals surface area contributed by atoms with E-state index in [2.05, 4.69) is 22.1 Å². The lowest BCUT2D eigenvalue weighted by Crippen LogP contribution is -2.59. The van der Waals surface area contributed by atoms with Crippen LogP contribution in [0.2, 0.25) is 0 Å². The molecule has 3 N–H and O–H groups in total. The van der Waals surface area contributed by atoms with Gasteiger partial charge in [-0.05, 0) is 36.6 Å². The minimum atomic E-state index is -2.57. The van der Waals surface area contributed by atoms with Crippen molar-refractivity contribution in [2.75, 3.05) is 37.6 Å². The molecule has 29 heavy (non-hydrogen) atoms. The molecule has 2 aromatic rings. The number of alkyl halides is 2. The van der Waals surface area contributed by atoms with Crippen LogP contribution in [-0.4, -0.2) is 60.6 Å². The minimum absolute atomic E-state index is 0.00974. The predicted molar refractivity (Wildman–Crippen MR) is 109 cm³/mol. The highest BCUT2D eigenvalue weighted by Gasteiger charge is 2.30. The number of carbonyl (C=O) groups excluding carboxylic acids is 1. The molecule has 2 aliphatic rings. The molecule has 3 heterocycles. The number of pyridine rings is 1. The van der Waals surface area contributed by atoms with Gasteiger partial charge in [-0.15, -0.1) is 0 Å². The number of benzene rings is 1. The fourth-order valence-corrected chi connectivity index (χ4v) is 4.50. The SMILES string of the molecule is CC1CC(NC(=O)CN2CC(N)C2)CN(c2ccc(C(F)F)c3ncccc23)C1. The number of rotatable bonds is 5. The number of hydrogen-bond donors (Lipinski definition) is 2. The standard InChI is InChI=1S/C21H27F2N5O/c1-13-7-15(26-19(29)12-27-9-14(24)10-27)11-28(8-13)18-5-4-17(21(22)23)20-16(18)3-2-6-25-20/h2-6,13-15,21H,7-12,24H2,1H3,(H,26,29). The van der Waals surface area contributed by atoms with Crippen LogP contribution in [0.4, 0.5) is 14.5 Å². The molecule has 6 nitrogen and oxygen atoms in total. The van der Waals surface area contributed by atoms with E-state index in [4.69, 9.17) is 5.73 Å². The molecule has 0 saturated carbocycles. The number of nitrogens with one attached hydrogen (secondary N) is 1. The zero-order valence-electron chi connectivity index (χ0n) is 16.5. The molecule has 0 bridgehead atoms. The second kappa shape index (κ2) is 8.20. The molecule has 1 amide bonds. The van der Waals surface area contributed by atoms with E-state index in [1.165, 1.54) is 6.07 Å². The molecule has 2 unspecified atom stereocenters. The molecule has 1 aromatic carbocycles. The molecule has 1 aromatic heterocycles. The van der Waals surface area contributed by atoms with Gasteiger partial charge in [0.15, 0.2) is 0 Å². The van der Waals surface area contributed by atoms with E-state index in [-0.39, 0.29) is 23.6 Å². The van der Waals surface area contributed by atoms with E-state index in [0.717, 1.165) is 37.1 Å². The van der Waals surface area contributed by atoms with Crippen LogP contribution < -0.4 is 16.0 Å². The highest BCUT2D eigenvalue weighted by molar-refractivity contribution is 5.94. The Morgan fingerprint density at radius 2 is 2.07 bits per heavy atom. The van der Waals surface area contributed by atoms with Gasteiger partial charge < -0.3 is 16.0 Å². The van der Waals surface area contributed by atoms with Gasteiger partial charge in [-0.2, -0.15) is 0 Å². The molecular weight excluding hydrogens is 376 g/mol. The molecule has 2 atom stereocenters. The van der Waals surface area contributed by atoms with E-state index >= 15 is 0 Å². The lowest BCUT2D eigenvalue weighted by Gasteiger charge is -2.40. The van der Waals surface area contributed by atoms with Crippen LogP contribution in [0, 0.1) is 5.92 Å². The largest absolute Gasteiger partial charge is 0.369 e. The van der Waals surface area contributed by atoms with E-state index in [0.29, 0.717) is 24.5 Å². The van der Waals surface area contributed by atoms with E-state index < -0.39 is 6.43 Å². The number of carbonyl (C=O) groups is 1. The van der Waals surface area contributed by atoms with Crippen LogP contribution in [0.25, 0.3) is 10.9 Å². The average molecular weight is 403 g/mol. The molecule has 2 saturated heterocycles. The predicted octanol–water partition coefficient (Wildman–Crippen LogP) is 2.15. The third-order valence-corrected chi connectivity index (χ3v) is 5.73. The van der Waals surface area contributed by atoms with Crippen LogP contribution in [0.1, 0.15) is 25.3 Å². The minimum Gasteiger partial charge on any atom is -0.369 e. The van der Waals surface area contributed by atoms with Gasteiger partial charge in [0.25, 0.3) is 6.43 Å². The fourth-order valence-electron chi connectivity index (χ4n) is 4.50. The van der Waals surface area contributed by atoms with Gasteiger partial charge in [-0.1, -0.05) is 6.92 Å². The number of nitrogens with two attached hydrogens (primary N) is 1. The Hall–Kier alpha value is -2.32. The van der Waals surface area contributed by atoms with Crippen LogP contribution in [-0.2, 0) is 4.79 Å². The first-order chi connectivity index (χ1) is 13.9. The summed E-state index contributed by atoms with van der Waals surface area (Å²) in [5, 5.41) is 3.86. The Labute approximate surface area is 169 Å². The summed E-state index contributed by atoms with van der Waals surface area (Å²) in [5.41, 5.74) is 6.95. The van der Waals surface area contributed by atoms with Gasteiger partial charge in [0.2, 0.25) is 5.91 Å². The first-order valence-corrected chi connectivity index (χ1v) is 10.1. The molecule has 2 fully saturated rings. The van der Waals surface area contributed by atoms with Crippen LogP contribution >= 0.6 is 0 Å². The van der Waals surface area contributed by atoms with Crippen molar-refractivity contribution in [1.82, 2.24) is 15.2 Å². The zero-order valence-corrected chi connectivity index (χ0v) is 16.5. The van der Waals surface area contributed by atoms with Gasteiger partial charge in [-0.3, -0.25) is 14.7 Å². The number of hydrogen-bond acceptors (Lipinski definition) is 5. The number of halogens is 2. The monoisotopic (exact) mass is 403 g/mol. The number of nitrogens with zero attached hydrogens (tertiary/aromatic N) is 3. The highest BCUT2D eigenvalue weighted by Crippen LogP contribution is 2.34. The first-order valence-electron chi connectivity index (χ1n) is 10.1. The van der Waals surface area contributed by atoms with Crippen molar-refractivity contribution in [2.24, 2.45) is 11.7 Å². The topological polar surface area (TPSA) is 74.5 Å². The van der Waals surface area contributed by atoms with Crippen molar-refractivity contribution in [3.8, 4) is 0 Å². The van der Waals surface area contributed by atoms with Crippen molar-refractivity contribution in [2.45, 2.75) is 31.9 Å². The van der Waals surface area contributed by atoms with Crippen molar-refractivity contribution in [3.63, 3.8) is 0 Å². The number of piperidine rings is 1. The second-order valence-electron chi connectivity index (χ2n) is 8.34. The number of likely N-dealkylation sites (tertiary alicyclic amines) is 1. The lowest BCUT2D eigenvalue weighted by atomic mass is 9.94. The van der Waals surface area contributed by atoms with Crippen molar-refractivity contribution >= 4 is 22.5 Å². The van der Waals surface area contributed by atoms with Crippen LogP contribution in [0.3, 0.4) is 0 Å². The summed E-state index contributed by atoms with van der Waals surface area (Å²) in [7, 11) is 0. The second-order valence-corrected chi connectivity index (χ2v) is 8.34. The van der Waals surface area contributed by atoms with E-state index in [9.17, 15) is 13.6 Å². The van der Waals surface area contributed by atoms with Crippen LogP contribution in [0.5, 0.6) is 0 Å². The zero-order chi connectivity index (χ0) is 20.5. The molecular formula is C21H27F2N5O. The Kier molecular flexibility index (Phi) is 5.65. The summed E-state index contributed by atoms with van der Waals surface area (Å²) in [4.78, 5) is 20.8. The van der Waals surface area contributed by atoms with Gasteiger partial charge in [-0.25, -0.2) is 8.78 Å². The maximum absolute atomic E-state index is 13.4. The number of aromatic nitrogens is 1. The third-order valence-electron chi connectivity index (χ3n) is 5.73. The van der Waals surface area contributed by atoms with E-state index in [1.807, 2.05) is 11.0 Å². The van der Waals surface area contributed by atoms with Gasteiger partial charge in [0.1, 0.15) is 0 Å². The molecule has 0 aliphatic carbocycles. The highest BCUT2D eigenvalue weighted by atomic mass is 19.3. The van der Waals surface area contributed by atoms with Crippen molar-refractivity contribution in [1.29, 1.82) is 0 Å². The van der Waals surface area contributed by atoms with Gasteiger partial charge in [0.05, 0.1) is 12.1 Å². The summed E-state index contributed by atoms with van der Waals surface area (Å²) >= 11 is 0. The molecule has 8 heteroatoms. The maximum Gasteiger partial charge on any atom is 0.265 e. The number of anilines is 1. The van der Waals surface area contributed by atoms with Crippen molar-refractivity contribution in [3.05, 3.63) is 36.0 Å². The quantitative estimate of drug-likeness (QED) is 0.800. The Bertz CT molecular complexity index is 887. The average Bonchev–Trinajstić information content (AvgIpc) is 2.65. The molecule has 0 radical (unpaired) electrons. The fraction of sp³-hybridized carbons (Fsp3) is 0.524. The molecule has 4 rings (SSSR count). The summed E-state index contributed by atoms with van der Waals surface area (Å²) in [6.45, 7) is 5.49. The maximum atomic E-state index is 13.4.